The van der Waals surface area contributed by atoms with Crippen LogP contribution in [0.15, 0.2) is 11.6 Å². The first-order valence-electron chi connectivity index (χ1n) is 7.40. The van der Waals surface area contributed by atoms with Crippen molar-refractivity contribution in [2.24, 2.45) is 11.8 Å². The molecule has 1 heterocycles. The van der Waals surface area contributed by atoms with E-state index in [-0.39, 0.29) is 23.6 Å². The Balaban J connectivity index is 2.12. The van der Waals surface area contributed by atoms with Gasteiger partial charge in [0.15, 0.2) is 0 Å². The Hall–Kier alpha value is -0.830. The van der Waals surface area contributed by atoms with Gasteiger partial charge in [0.25, 0.3) is 0 Å². The molecule has 0 N–H and O–H groups in total. The fraction of sp³-hybridized carbons (Fsp3) is 0.812. The zero-order chi connectivity index (χ0) is 14.0. The highest BCUT2D eigenvalue weighted by atomic mass is 16.5. The van der Waals surface area contributed by atoms with Gasteiger partial charge in [0.2, 0.25) is 0 Å². The zero-order valence-electron chi connectivity index (χ0n) is 12.6. The number of methoxy groups -OCH3 is 1. The standard InChI is InChI=1S/C16H26O3/c1-11-6-5-9-16(10-11)12(2)7-8-14(19-16)13(3)15(17)18-4/h6,12-14H,5,7-10H2,1-4H3. The fourth-order valence-corrected chi connectivity index (χ4v) is 3.56. The van der Waals surface area contributed by atoms with Crippen LogP contribution in [0.25, 0.3) is 0 Å². The number of carbonyl (C=O) groups is 1. The summed E-state index contributed by atoms with van der Waals surface area (Å²) in [6.07, 6.45) is 7.61. The summed E-state index contributed by atoms with van der Waals surface area (Å²) in [4.78, 5) is 11.7. The Bertz CT molecular complexity index is 374. The highest BCUT2D eigenvalue weighted by Crippen LogP contribution is 2.45. The van der Waals surface area contributed by atoms with E-state index in [0.717, 1.165) is 32.1 Å². The van der Waals surface area contributed by atoms with Crippen LogP contribution < -0.4 is 0 Å². The van der Waals surface area contributed by atoms with Crippen molar-refractivity contribution < 1.29 is 14.3 Å². The maximum absolute atomic E-state index is 11.7. The second-order valence-electron chi connectivity index (χ2n) is 6.28. The molecule has 4 atom stereocenters. The molecule has 0 saturated carbocycles. The maximum atomic E-state index is 11.7. The second-order valence-corrected chi connectivity index (χ2v) is 6.28. The molecule has 0 aromatic carbocycles. The van der Waals surface area contributed by atoms with Crippen LogP contribution in [0.2, 0.25) is 0 Å². The van der Waals surface area contributed by atoms with E-state index in [1.165, 1.54) is 12.7 Å². The van der Waals surface area contributed by atoms with Gasteiger partial charge in [0, 0.05) is 0 Å². The predicted octanol–water partition coefficient (Wildman–Crippen LogP) is 3.48. The summed E-state index contributed by atoms with van der Waals surface area (Å²) in [5.41, 5.74) is 1.37. The number of esters is 1. The first kappa shape index (κ1) is 14.6. The maximum Gasteiger partial charge on any atom is 0.311 e. The van der Waals surface area contributed by atoms with Crippen molar-refractivity contribution in [2.45, 2.75) is 64.6 Å². The van der Waals surface area contributed by atoms with Crippen molar-refractivity contribution in [3.05, 3.63) is 11.6 Å². The van der Waals surface area contributed by atoms with Gasteiger partial charge in [-0.05, 0) is 51.9 Å². The molecule has 0 aromatic rings. The normalized spacial score (nSPS) is 36.7. The largest absolute Gasteiger partial charge is 0.469 e. The van der Waals surface area contributed by atoms with E-state index in [9.17, 15) is 4.79 Å². The molecular formula is C16H26O3. The van der Waals surface area contributed by atoms with Crippen molar-refractivity contribution in [2.75, 3.05) is 7.11 Å². The Morgan fingerprint density at radius 1 is 1.53 bits per heavy atom. The van der Waals surface area contributed by atoms with Crippen LogP contribution >= 0.6 is 0 Å². The molecule has 1 spiro atoms. The van der Waals surface area contributed by atoms with Gasteiger partial charge < -0.3 is 9.47 Å². The molecule has 4 unspecified atom stereocenters. The van der Waals surface area contributed by atoms with Crippen LogP contribution in [0.5, 0.6) is 0 Å². The Kier molecular flexibility index (Phi) is 4.34. The van der Waals surface area contributed by atoms with E-state index in [1.807, 2.05) is 6.92 Å². The minimum absolute atomic E-state index is 0.00884. The molecule has 3 nitrogen and oxygen atoms in total. The minimum Gasteiger partial charge on any atom is -0.469 e. The summed E-state index contributed by atoms with van der Waals surface area (Å²) >= 11 is 0. The monoisotopic (exact) mass is 266 g/mol. The quantitative estimate of drug-likeness (QED) is 0.567. The van der Waals surface area contributed by atoms with Crippen LogP contribution in [0.4, 0.5) is 0 Å². The van der Waals surface area contributed by atoms with Gasteiger partial charge in [-0.1, -0.05) is 18.6 Å². The fourth-order valence-electron chi connectivity index (χ4n) is 3.56. The van der Waals surface area contributed by atoms with Gasteiger partial charge in [-0.25, -0.2) is 0 Å². The molecule has 0 bridgehead atoms. The van der Waals surface area contributed by atoms with E-state index in [2.05, 4.69) is 19.9 Å². The van der Waals surface area contributed by atoms with Gasteiger partial charge in [-0.3, -0.25) is 4.79 Å². The molecule has 3 heteroatoms. The Morgan fingerprint density at radius 2 is 2.26 bits per heavy atom. The lowest BCUT2D eigenvalue weighted by molar-refractivity contribution is -0.188. The molecule has 2 aliphatic rings. The van der Waals surface area contributed by atoms with E-state index >= 15 is 0 Å². The molecule has 108 valence electrons. The molecule has 1 aliphatic carbocycles. The summed E-state index contributed by atoms with van der Waals surface area (Å²) in [6.45, 7) is 6.40. The number of carbonyl (C=O) groups excluding carboxylic acids is 1. The molecule has 0 amide bonds. The number of hydrogen-bond donors (Lipinski definition) is 0. The number of allylic oxidation sites excluding steroid dienone is 1. The number of hydrogen-bond acceptors (Lipinski definition) is 3. The average Bonchev–Trinajstić information content (AvgIpc) is 2.40. The summed E-state index contributed by atoms with van der Waals surface area (Å²) in [6, 6.07) is 0. The highest BCUT2D eigenvalue weighted by Gasteiger charge is 2.45. The SMILES string of the molecule is COC(=O)C(C)C1CCC(C)C2(CCC=C(C)C2)O1. The number of ether oxygens (including phenoxy) is 2. The molecule has 1 saturated heterocycles. The van der Waals surface area contributed by atoms with Crippen molar-refractivity contribution >= 4 is 5.97 Å². The van der Waals surface area contributed by atoms with Crippen LogP contribution in [0, 0.1) is 11.8 Å². The predicted molar refractivity (Wildman–Crippen MR) is 74.8 cm³/mol. The third-order valence-corrected chi connectivity index (χ3v) is 4.94. The average molecular weight is 266 g/mol. The van der Waals surface area contributed by atoms with Crippen molar-refractivity contribution in [1.82, 2.24) is 0 Å². The molecule has 19 heavy (non-hydrogen) atoms. The van der Waals surface area contributed by atoms with Crippen molar-refractivity contribution in [3.63, 3.8) is 0 Å². The summed E-state index contributed by atoms with van der Waals surface area (Å²) in [5.74, 6) is 0.246. The zero-order valence-corrected chi connectivity index (χ0v) is 12.6. The second kappa shape index (κ2) is 5.66. The number of rotatable bonds is 2. The summed E-state index contributed by atoms with van der Waals surface area (Å²) < 4.78 is 11.3. The Labute approximate surface area is 116 Å². The molecule has 0 aromatic heterocycles. The van der Waals surface area contributed by atoms with E-state index < -0.39 is 0 Å². The molecule has 1 fully saturated rings. The lowest BCUT2D eigenvalue weighted by Gasteiger charge is -2.48. The smallest absolute Gasteiger partial charge is 0.311 e. The molecule has 0 radical (unpaired) electrons. The van der Waals surface area contributed by atoms with Gasteiger partial charge in [-0.15, -0.1) is 0 Å². The van der Waals surface area contributed by atoms with Crippen LogP contribution in [0.3, 0.4) is 0 Å². The lowest BCUT2D eigenvalue weighted by Crippen LogP contribution is -2.50. The van der Waals surface area contributed by atoms with Gasteiger partial charge >= 0.3 is 5.97 Å². The van der Waals surface area contributed by atoms with Crippen LogP contribution in [-0.2, 0) is 14.3 Å². The van der Waals surface area contributed by atoms with Crippen molar-refractivity contribution in [1.29, 1.82) is 0 Å². The van der Waals surface area contributed by atoms with Crippen LogP contribution in [-0.4, -0.2) is 24.8 Å². The lowest BCUT2D eigenvalue weighted by atomic mass is 9.71. The summed E-state index contributed by atoms with van der Waals surface area (Å²) in [5, 5.41) is 0. The topological polar surface area (TPSA) is 35.5 Å². The summed E-state index contributed by atoms with van der Waals surface area (Å²) in [7, 11) is 1.45. The Morgan fingerprint density at radius 3 is 2.89 bits per heavy atom. The van der Waals surface area contributed by atoms with E-state index in [1.54, 1.807) is 0 Å². The molecule has 1 aliphatic heterocycles. The van der Waals surface area contributed by atoms with Gasteiger partial charge in [0.1, 0.15) is 0 Å². The van der Waals surface area contributed by atoms with Gasteiger partial charge in [0.05, 0.1) is 24.7 Å². The van der Waals surface area contributed by atoms with Crippen LogP contribution in [0.1, 0.15) is 52.9 Å². The third-order valence-electron chi connectivity index (χ3n) is 4.94. The first-order valence-corrected chi connectivity index (χ1v) is 7.40. The highest BCUT2D eigenvalue weighted by molar-refractivity contribution is 5.72. The molecule has 2 rings (SSSR count). The minimum atomic E-state index is -0.166. The van der Waals surface area contributed by atoms with E-state index in [4.69, 9.17) is 9.47 Å². The van der Waals surface area contributed by atoms with Crippen molar-refractivity contribution in [3.8, 4) is 0 Å². The third kappa shape index (κ3) is 2.86. The first-order chi connectivity index (χ1) is 8.98. The molecular weight excluding hydrogens is 240 g/mol. The van der Waals surface area contributed by atoms with Gasteiger partial charge in [-0.2, -0.15) is 0 Å². The van der Waals surface area contributed by atoms with E-state index in [0.29, 0.717) is 5.92 Å².